The molecule has 3 heteroatoms. The molecule has 0 aromatic carbocycles. The van der Waals surface area contributed by atoms with Crippen molar-refractivity contribution < 1.29 is 15.0 Å². The van der Waals surface area contributed by atoms with Crippen LogP contribution in [-0.4, -0.2) is 22.3 Å². The van der Waals surface area contributed by atoms with E-state index >= 15 is 0 Å². The second-order valence-corrected chi connectivity index (χ2v) is 5.00. The zero-order valence-electron chi connectivity index (χ0n) is 9.65. The van der Waals surface area contributed by atoms with Gasteiger partial charge in [0.1, 0.15) is 0 Å². The molecule has 15 heavy (non-hydrogen) atoms. The van der Waals surface area contributed by atoms with Crippen molar-refractivity contribution in [1.29, 1.82) is 0 Å². The average Bonchev–Trinajstić information content (AvgIpc) is 2.18. The lowest BCUT2D eigenvalue weighted by Crippen LogP contribution is -2.38. The molecule has 2 N–H and O–H groups in total. The SMILES string of the molecule is CC(C)C(C(=O)O)C(O)C1CCCCC1. The third kappa shape index (κ3) is 3.20. The summed E-state index contributed by atoms with van der Waals surface area (Å²) in [4.78, 5) is 11.1. The highest BCUT2D eigenvalue weighted by Gasteiger charge is 2.35. The van der Waals surface area contributed by atoms with Crippen LogP contribution in [0.15, 0.2) is 0 Å². The maximum absolute atomic E-state index is 11.1. The van der Waals surface area contributed by atoms with Crippen molar-refractivity contribution in [2.24, 2.45) is 17.8 Å². The Labute approximate surface area is 91.5 Å². The minimum absolute atomic E-state index is 0.000531. The van der Waals surface area contributed by atoms with E-state index in [-0.39, 0.29) is 11.8 Å². The fourth-order valence-corrected chi connectivity index (χ4v) is 2.59. The lowest BCUT2D eigenvalue weighted by Gasteiger charge is -2.32. The van der Waals surface area contributed by atoms with Crippen molar-refractivity contribution in [1.82, 2.24) is 0 Å². The fraction of sp³-hybridized carbons (Fsp3) is 0.917. The van der Waals surface area contributed by atoms with Gasteiger partial charge in [0.2, 0.25) is 0 Å². The van der Waals surface area contributed by atoms with Gasteiger partial charge in [-0.3, -0.25) is 4.79 Å². The van der Waals surface area contributed by atoms with E-state index in [0.717, 1.165) is 25.7 Å². The van der Waals surface area contributed by atoms with Crippen LogP contribution in [-0.2, 0) is 4.79 Å². The van der Waals surface area contributed by atoms with Crippen LogP contribution in [0.25, 0.3) is 0 Å². The van der Waals surface area contributed by atoms with Gasteiger partial charge in [0, 0.05) is 0 Å². The topological polar surface area (TPSA) is 57.5 Å². The molecule has 1 aliphatic carbocycles. The van der Waals surface area contributed by atoms with Gasteiger partial charge in [0.05, 0.1) is 12.0 Å². The predicted octanol–water partition coefficient (Wildman–Crippen LogP) is 2.28. The molecule has 0 bridgehead atoms. The van der Waals surface area contributed by atoms with Crippen LogP contribution in [0.2, 0.25) is 0 Å². The summed E-state index contributed by atoms with van der Waals surface area (Å²) in [6, 6.07) is 0. The Morgan fingerprint density at radius 1 is 1.20 bits per heavy atom. The summed E-state index contributed by atoms with van der Waals surface area (Å²) in [6.07, 6.45) is 4.79. The van der Waals surface area contributed by atoms with Crippen LogP contribution in [0.3, 0.4) is 0 Å². The summed E-state index contributed by atoms with van der Waals surface area (Å²) in [5.41, 5.74) is 0. The van der Waals surface area contributed by atoms with Gasteiger partial charge in [-0.25, -0.2) is 0 Å². The first-order chi connectivity index (χ1) is 7.04. The quantitative estimate of drug-likeness (QED) is 0.755. The minimum atomic E-state index is -0.858. The normalized spacial score (nSPS) is 22.7. The highest BCUT2D eigenvalue weighted by atomic mass is 16.4. The number of carbonyl (C=O) groups is 1. The molecule has 1 rings (SSSR count). The van der Waals surface area contributed by atoms with Crippen LogP contribution in [0, 0.1) is 17.8 Å². The van der Waals surface area contributed by atoms with E-state index < -0.39 is 18.0 Å². The molecular weight excluding hydrogens is 192 g/mol. The monoisotopic (exact) mass is 214 g/mol. The Morgan fingerprint density at radius 3 is 2.13 bits per heavy atom. The zero-order valence-corrected chi connectivity index (χ0v) is 9.65. The Kier molecular flexibility index (Phi) is 4.58. The molecule has 2 atom stereocenters. The highest BCUT2D eigenvalue weighted by Crippen LogP contribution is 2.32. The van der Waals surface area contributed by atoms with Gasteiger partial charge in [-0.1, -0.05) is 33.1 Å². The number of aliphatic carboxylic acids is 1. The number of hydrogen-bond donors (Lipinski definition) is 2. The van der Waals surface area contributed by atoms with E-state index in [0.29, 0.717) is 0 Å². The summed E-state index contributed by atoms with van der Waals surface area (Å²) in [5.74, 6) is -1.27. The molecule has 1 fully saturated rings. The van der Waals surface area contributed by atoms with Crippen molar-refractivity contribution in [3.8, 4) is 0 Å². The number of rotatable bonds is 4. The summed E-state index contributed by atoms with van der Waals surface area (Å²) in [6.45, 7) is 3.73. The molecule has 2 unspecified atom stereocenters. The number of aliphatic hydroxyl groups is 1. The lowest BCUT2D eigenvalue weighted by atomic mass is 9.77. The van der Waals surface area contributed by atoms with Crippen molar-refractivity contribution in [2.45, 2.75) is 52.1 Å². The van der Waals surface area contributed by atoms with Crippen LogP contribution >= 0.6 is 0 Å². The first-order valence-corrected chi connectivity index (χ1v) is 5.95. The summed E-state index contributed by atoms with van der Waals surface area (Å²) in [5, 5.41) is 19.2. The molecule has 0 aliphatic heterocycles. The third-order valence-electron chi connectivity index (χ3n) is 3.50. The molecule has 88 valence electrons. The van der Waals surface area contributed by atoms with Crippen LogP contribution in [0.5, 0.6) is 0 Å². The fourth-order valence-electron chi connectivity index (χ4n) is 2.59. The molecule has 0 amide bonds. The second kappa shape index (κ2) is 5.50. The molecule has 3 nitrogen and oxygen atoms in total. The van der Waals surface area contributed by atoms with Crippen LogP contribution < -0.4 is 0 Å². The van der Waals surface area contributed by atoms with Gasteiger partial charge in [0.25, 0.3) is 0 Å². The van der Waals surface area contributed by atoms with E-state index in [2.05, 4.69) is 0 Å². The van der Waals surface area contributed by atoms with E-state index in [9.17, 15) is 9.90 Å². The van der Waals surface area contributed by atoms with Crippen molar-refractivity contribution >= 4 is 5.97 Å². The minimum Gasteiger partial charge on any atom is -0.481 e. The maximum atomic E-state index is 11.1. The summed E-state index contributed by atoms with van der Waals surface area (Å²) >= 11 is 0. The van der Waals surface area contributed by atoms with Gasteiger partial charge in [-0.15, -0.1) is 0 Å². The van der Waals surface area contributed by atoms with E-state index in [4.69, 9.17) is 5.11 Å². The van der Waals surface area contributed by atoms with Crippen molar-refractivity contribution in [3.05, 3.63) is 0 Å². The Bertz CT molecular complexity index is 207. The van der Waals surface area contributed by atoms with Crippen molar-refractivity contribution in [3.63, 3.8) is 0 Å². The number of aliphatic hydroxyl groups excluding tert-OH is 1. The molecule has 0 spiro atoms. The van der Waals surface area contributed by atoms with Crippen LogP contribution in [0.1, 0.15) is 46.0 Å². The van der Waals surface area contributed by atoms with Crippen molar-refractivity contribution in [2.75, 3.05) is 0 Å². The van der Waals surface area contributed by atoms with E-state index in [1.54, 1.807) is 0 Å². The largest absolute Gasteiger partial charge is 0.481 e. The average molecular weight is 214 g/mol. The Hall–Kier alpha value is -0.570. The van der Waals surface area contributed by atoms with Gasteiger partial charge in [-0.05, 0) is 24.7 Å². The second-order valence-electron chi connectivity index (χ2n) is 5.00. The molecular formula is C12H22O3. The van der Waals surface area contributed by atoms with Gasteiger partial charge in [0.15, 0.2) is 0 Å². The molecule has 0 saturated heterocycles. The molecule has 0 aromatic rings. The highest BCUT2D eigenvalue weighted by molar-refractivity contribution is 5.71. The first kappa shape index (κ1) is 12.5. The smallest absolute Gasteiger partial charge is 0.309 e. The van der Waals surface area contributed by atoms with Gasteiger partial charge >= 0.3 is 5.97 Å². The number of carboxylic acids is 1. The summed E-state index contributed by atoms with van der Waals surface area (Å²) in [7, 11) is 0. The molecule has 0 heterocycles. The third-order valence-corrected chi connectivity index (χ3v) is 3.50. The van der Waals surface area contributed by atoms with E-state index in [1.165, 1.54) is 6.42 Å². The van der Waals surface area contributed by atoms with Crippen LogP contribution in [0.4, 0.5) is 0 Å². The van der Waals surface area contributed by atoms with E-state index in [1.807, 2.05) is 13.8 Å². The van der Waals surface area contributed by atoms with Gasteiger partial charge < -0.3 is 10.2 Å². The zero-order chi connectivity index (χ0) is 11.4. The Morgan fingerprint density at radius 2 is 1.73 bits per heavy atom. The van der Waals surface area contributed by atoms with Gasteiger partial charge in [-0.2, -0.15) is 0 Å². The first-order valence-electron chi connectivity index (χ1n) is 5.95. The number of hydrogen-bond acceptors (Lipinski definition) is 2. The molecule has 0 aromatic heterocycles. The molecule has 1 aliphatic rings. The molecule has 1 saturated carbocycles. The number of carboxylic acid groups (broad SMARTS) is 1. The maximum Gasteiger partial charge on any atom is 0.309 e. The standard InChI is InChI=1S/C12H22O3/c1-8(2)10(12(14)15)11(13)9-6-4-3-5-7-9/h8-11,13H,3-7H2,1-2H3,(H,14,15). The summed E-state index contributed by atoms with van der Waals surface area (Å²) < 4.78 is 0. The lowest BCUT2D eigenvalue weighted by molar-refractivity contribution is -0.150. The predicted molar refractivity (Wildman–Crippen MR) is 58.5 cm³/mol. The molecule has 0 radical (unpaired) electrons. The Balaban J connectivity index is 2.61.